The van der Waals surface area contributed by atoms with Gasteiger partial charge in [-0.25, -0.2) is 14.4 Å². The molecule has 2 bridgehead atoms. The number of piperidine rings is 1. The van der Waals surface area contributed by atoms with Crippen molar-refractivity contribution in [3.63, 3.8) is 0 Å². The van der Waals surface area contributed by atoms with Crippen LogP contribution in [-0.2, 0) is 11.8 Å². The van der Waals surface area contributed by atoms with Crippen molar-refractivity contribution < 1.29 is 9.13 Å². The Labute approximate surface area is 217 Å². The molecule has 3 aromatic rings. The zero-order valence-corrected chi connectivity index (χ0v) is 21.9. The molecule has 4 heterocycles. The van der Waals surface area contributed by atoms with E-state index in [0.29, 0.717) is 23.6 Å². The van der Waals surface area contributed by atoms with Gasteiger partial charge in [-0.15, -0.1) is 5.10 Å². The highest BCUT2D eigenvalue weighted by Crippen LogP contribution is 2.48. The summed E-state index contributed by atoms with van der Waals surface area (Å²) in [6.45, 7) is 7.20. The van der Waals surface area contributed by atoms with Crippen LogP contribution >= 0.6 is 0 Å². The Morgan fingerprint density at radius 2 is 1.81 bits per heavy atom. The Morgan fingerprint density at radius 1 is 1.08 bits per heavy atom. The Bertz CT molecular complexity index is 1280. The topological polar surface area (TPSA) is 79.3 Å². The first-order valence-corrected chi connectivity index (χ1v) is 13.1. The van der Waals surface area contributed by atoms with Crippen LogP contribution in [0.4, 0.5) is 27.4 Å². The number of rotatable bonds is 6. The lowest BCUT2D eigenvalue weighted by Crippen LogP contribution is -2.43. The van der Waals surface area contributed by atoms with Crippen LogP contribution in [0.1, 0.15) is 38.1 Å². The lowest BCUT2D eigenvalue weighted by atomic mass is 9.82. The predicted molar refractivity (Wildman–Crippen MR) is 142 cm³/mol. The maximum Gasteiger partial charge on any atom is 0.235 e. The molecule has 37 heavy (non-hydrogen) atoms. The molecule has 2 unspecified atom stereocenters. The molecule has 2 aromatic heterocycles. The van der Waals surface area contributed by atoms with E-state index in [1.165, 1.54) is 25.0 Å². The number of aromatic nitrogens is 4. The van der Waals surface area contributed by atoms with Gasteiger partial charge in [-0.3, -0.25) is 0 Å². The molecule has 0 spiro atoms. The Morgan fingerprint density at radius 3 is 2.49 bits per heavy atom. The van der Waals surface area contributed by atoms with E-state index in [9.17, 15) is 4.39 Å². The highest BCUT2D eigenvalue weighted by molar-refractivity contribution is 5.74. The fourth-order valence-corrected chi connectivity index (χ4v) is 6.67. The van der Waals surface area contributed by atoms with Gasteiger partial charge in [0.2, 0.25) is 5.88 Å². The second kappa shape index (κ2) is 9.11. The number of halogens is 1. The van der Waals surface area contributed by atoms with Crippen LogP contribution in [0.25, 0.3) is 0 Å². The average Bonchev–Trinajstić information content (AvgIpc) is 3.29. The molecule has 2 fully saturated rings. The van der Waals surface area contributed by atoms with Crippen molar-refractivity contribution in [3.8, 4) is 5.88 Å². The minimum absolute atomic E-state index is 0.134. The van der Waals surface area contributed by atoms with E-state index in [4.69, 9.17) is 14.7 Å². The van der Waals surface area contributed by atoms with E-state index in [-0.39, 0.29) is 11.2 Å². The van der Waals surface area contributed by atoms with E-state index in [0.717, 1.165) is 60.5 Å². The van der Waals surface area contributed by atoms with E-state index in [2.05, 4.69) is 39.2 Å². The fraction of sp³-hybridized carbons (Fsp3) is 0.500. The third kappa shape index (κ3) is 4.24. The highest BCUT2D eigenvalue weighted by Gasteiger charge is 2.44. The van der Waals surface area contributed by atoms with Gasteiger partial charge in [-0.2, -0.15) is 5.10 Å². The summed E-state index contributed by atoms with van der Waals surface area (Å²) in [6.07, 6.45) is 5.14. The fourth-order valence-electron chi connectivity index (χ4n) is 6.67. The monoisotopic (exact) mass is 503 g/mol. The molecule has 6 rings (SSSR count). The Hall–Kier alpha value is -3.49. The number of ether oxygens (including phenoxy) is 1. The van der Waals surface area contributed by atoms with Gasteiger partial charge in [0.25, 0.3) is 0 Å². The van der Waals surface area contributed by atoms with Crippen LogP contribution in [0.15, 0.2) is 36.5 Å². The number of methoxy groups -OCH3 is 1. The number of anilines is 4. The summed E-state index contributed by atoms with van der Waals surface area (Å²) < 4.78 is 18.9. The van der Waals surface area contributed by atoms with E-state index >= 15 is 0 Å². The number of nitrogens with zero attached hydrogens (tertiary/aromatic N) is 6. The van der Waals surface area contributed by atoms with Crippen LogP contribution < -0.4 is 19.9 Å². The van der Waals surface area contributed by atoms with Crippen LogP contribution in [-0.4, -0.2) is 54.0 Å². The average molecular weight is 504 g/mol. The maximum atomic E-state index is 13.6. The van der Waals surface area contributed by atoms with Crippen molar-refractivity contribution in [2.45, 2.75) is 38.5 Å². The predicted octanol–water partition coefficient (Wildman–Crippen LogP) is 4.59. The molecule has 0 amide bonds. The zero-order valence-electron chi connectivity index (χ0n) is 21.9. The van der Waals surface area contributed by atoms with Crippen LogP contribution in [0.5, 0.6) is 5.88 Å². The number of hydrogen-bond acceptors (Lipinski definition) is 8. The Balaban J connectivity index is 1.28. The van der Waals surface area contributed by atoms with Crippen LogP contribution in [0, 0.1) is 23.6 Å². The SMILES string of the molecule is CNc1nc(CC2C3CCC2CN(c2cnnc(OC)c2)C3)nc2c1C(C)(C)CN2c1ccc(F)cc1. The first kappa shape index (κ1) is 23.9. The first-order chi connectivity index (χ1) is 17.9. The first-order valence-electron chi connectivity index (χ1n) is 13.1. The maximum absolute atomic E-state index is 13.6. The van der Waals surface area contributed by atoms with Gasteiger partial charge < -0.3 is 19.9 Å². The second-order valence-corrected chi connectivity index (χ2v) is 11.2. The van der Waals surface area contributed by atoms with Crippen LogP contribution in [0.3, 0.4) is 0 Å². The summed E-state index contributed by atoms with van der Waals surface area (Å²) in [5, 5.41) is 11.5. The summed E-state index contributed by atoms with van der Waals surface area (Å²) >= 11 is 0. The van der Waals surface area contributed by atoms with E-state index in [1.807, 2.05) is 31.4 Å². The molecule has 3 aliphatic rings. The minimum Gasteiger partial charge on any atom is -0.480 e. The standard InChI is InChI=1S/C28H34FN7O/c1-28(2)16-36(20-9-7-19(29)8-10-20)27-25(28)26(30-3)32-23(33-27)12-22-17-5-6-18(22)15-35(14-17)21-11-24(37-4)34-31-13-21/h7-11,13,17-18,22H,5-6,12,14-16H2,1-4H3,(H,30,32,33). The quantitative estimate of drug-likeness (QED) is 0.523. The summed E-state index contributed by atoms with van der Waals surface area (Å²) in [5.74, 6) is 4.74. The molecule has 194 valence electrons. The lowest BCUT2D eigenvalue weighted by molar-refractivity contribution is 0.265. The van der Waals surface area contributed by atoms with Crippen molar-refractivity contribution in [1.29, 1.82) is 0 Å². The van der Waals surface area contributed by atoms with Gasteiger partial charge in [0.05, 0.1) is 19.0 Å². The van der Waals surface area contributed by atoms with Gasteiger partial charge in [-0.1, -0.05) is 13.8 Å². The van der Waals surface area contributed by atoms with Gasteiger partial charge >= 0.3 is 0 Å². The minimum atomic E-state index is -0.232. The zero-order chi connectivity index (χ0) is 25.7. The van der Waals surface area contributed by atoms with Gasteiger partial charge in [0.15, 0.2) is 0 Å². The van der Waals surface area contributed by atoms with Crippen molar-refractivity contribution >= 4 is 23.0 Å². The molecular formula is C28H34FN7O. The molecule has 1 saturated carbocycles. The largest absolute Gasteiger partial charge is 0.480 e. The Kier molecular flexibility index (Phi) is 5.88. The molecule has 9 heteroatoms. The summed E-state index contributed by atoms with van der Waals surface area (Å²) in [5.41, 5.74) is 3.02. The normalized spacial score (nSPS) is 23.8. The third-order valence-electron chi connectivity index (χ3n) is 8.44. The lowest BCUT2D eigenvalue weighted by Gasteiger charge is -2.39. The third-order valence-corrected chi connectivity index (χ3v) is 8.44. The summed E-state index contributed by atoms with van der Waals surface area (Å²) in [4.78, 5) is 14.8. The summed E-state index contributed by atoms with van der Waals surface area (Å²) in [6, 6.07) is 8.67. The van der Waals surface area contributed by atoms with E-state index < -0.39 is 0 Å². The molecular weight excluding hydrogens is 469 g/mol. The molecule has 2 aliphatic heterocycles. The van der Waals surface area contributed by atoms with E-state index in [1.54, 1.807) is 7.11 Å². The number of nitrogens with one attached hydrogen (secondary N) is 1. The summed E-state index contributed by atoms with van der Waals surface area (Å²) in [7, 11) is 3.56. The highest BCUT2D eigenvalue weighted by atomic mass is 19.1. The van der Waals surface area contributed by atoms with Gasteiger partial charge in [-0.05, 0) is 54.9 Å². The number of hydrogen-bond donors (Lipinski definition) is 1. The molecule has 1 N–H and O–H groups in total. The molecule has 2 atom stereocenters. The molecule has 1 aromatic carbocycles. The molecule has 1 saturated heterocycles. The van der Waals surface area contributed by atoms with Crippen molar-refractivity contribution in [2.75, 3.05) is 48.9 Å². The second-order valence-electron chi connectivity index (χ2n) is 11.2. The number of benzene rings is 1. The van der Waals surface area contributed by atoms with Gasteiger partial charge in [0, 0.05) is 55.8 Å². The van der Waals surface area contributed by atoms with Gasteiger partial charge in [0.1, 0.15) is 23.3 Å². The van der Waals surface area contributed by atoms with Crippen molar-refractivity contribution in [2.24, 2.45) is 17.8 Å². The molecule has 8 nitrogen and oxygen atoms in total. The smallest absolute Gasteiger partial charge is 0.235 e. The molecule has 1 aliphatic carbocycles. The van der Waals surface area contributed by atoms with Crippen molar-refractivity contribution in [1.82, 2.24) is 20.2 Å². The van der Waals surface area contributed by atoms with Crippen LogP contribution in [0.2, 0.25) is 0 Å². The van der Waals surface area contributed by atoms with Crippen molar-refractivity contribution in [3.05, 3.63) is 53.7 Å². The number of fused-ring (bicyclic) bond motifs is 3. The molecule has 0 radical (unpaired) electrons.